The molecule has 2 heterocycles. The fourth-order valence-electron chi connectivity index (χ4n) is 1.09. The molecule has 0 aromatic carbocycles. The molecule has 0 aliphatic carbocycles. The lowest BCUT2D eigenvalue weighted by atomic mass is 10.3. The van der Waals surface area contributed by atoms with Gasteiger partial charge >= 0.3 is 0 Å². The number of anilines is 1. The number of rotatable bonds is 2. The maximum atomic E-state index is 5.29. The normalized spacial score (nSPS) is 10.3. The van der Waals surface area contributed by atoms with Gasteiger partial charge in [-0.15, -0.1) is 11.3 Å². The molecule has 2 aromatic rings. The van der Waals surface area contributed by atoms with Crippen molar-refractivity contribution >= 4 is 27.8 Å². The molecule has 0 amide bonds. The van der Waals surface area contributed by atoms with E-state index in [9.17, 15) is 0 Å². The second-order valence-corrected chi connectivity index (χ2v) is 4.50. The minimum atomic E-state index is 0.765. The van der Waals surface area contributed by atoms with E-state index in [1.807, 2.05) is 13.0 Å². The molecule has 0 aliphatic heterocycles. The third-order valence-electron chi connectivity index (χ3n) is 1.67. The Bertz CT molecular complexity index is 391. The maximum absolute atomic E-state index is 5.29. The van der Waals surface area contributed by atoms with Crippen LogP contribution in [0.1, 0.15) is 5.69 Å². The lowest BCUT2D eigenvalue weighted by Gasteiger charge is -1.89. The van der Waals surface area contributed by atoms with Crippen molar-refractivity contribution < 1.29 is 0 Å². The van der Waals surface area contributed by atoms with Gasteiger partial charge < -0.3 is 0 Å². The van der Waals surface area contributed by atoms with Crippen LogP contribution in [-0.4, -0.2) is 4.98 Å². The van der Waals surface area contributed by atoms with Crippen molar-refractivity contribution in [2.45, 2.75) is 6.92 Å². The van der Waals surface area contributed by atoms with Gasteiger partial charge in [-0.25, -0.2) is 10.8 Å². The average molecular weight is 211 g/mol. The van der Waals surface area contributed by atoms with Crippen molar-refractivity contribution in [1.82, 2.24) is 4.98 Å². The molecule has 3 nitrogen and oxygen atoms in total. The van der Waals surface area contributed by atoms with Crippen LogP contribution < -0.4 is 11.3 Å². The molecule has 0 bridgehead atoms. The number of hydrogen-bond acceptors (Lipinski definition) is 5. The molecule has 2 aromatic heterocycles. The number of hydrazine groups is 1. The summed E-state index contributed by atoms with van der Waals surface area (Å²) in [4.78, 5) is 6.72. The number of thiazole rings is 1. The van der Waals surface area contributed by atoms with Crippen LogP contribution in [0.3, 0.4) is 0 Å². The van der Waals surface area contributed by atoms with Crippen LogP contribution in [0.4, 0.5) is 5.13 Å². The van der Waals surface area contributed by atoms with Crippen molar-refractivity contribution in [3.63, 3.8) is 0 Å². The third-order valence-corrected chi connectivity index (χ3v) is 3.80. The topological polar surface area (TPSA) is 50.9 Å². The summed E-state index contributed by atoms with van der Waals surface area (Å²) in [6.45, 7) is 1.99. The largest absolute Gasteiger partial charge is 0.300 e. The van der Waals surface area contributed by atoms with E-state index in [0.29, 0.717) is 0 Å². The summed E-state index contributed by atoms with van der Waals surface area (Å²) in [5.41, 5.74) is 3.59. The maximum Gasteiger partial charge on any atom is 0.197 e. The predicted molar refractivity (Wildman–Crippen MR) is 58.0 cm³/mol. The SMILES string of the molecule is Cc1nc(NN)sc1-c1cccs1. The molecule has 0 saturated carbocycles. The summed E-state index contributed by atoms with van der Waals surface area (Å²) >= 11 is 3.30. The van der Waals surface area contributed by atoms with Crippen molar-refractivity contribution in [3.05, 3.63) is 23.2 Å². The van der Waals surface area contributed by atoms with Gasteiger partial charge in [0.25, 0.3) is 0 Å². The van der Waals surface area contributed by atoms with E-state index >= 15 is 0 Å². The van der Waals surface area contributed by atoms with Crippen LogP contribution in [0.25, 0.3) is 9.75 Å². The molecule has 0 atom stereocenters. The van der Waals surface area contributed by atoms with Crippen molar-refractivity contribution in [2.75, 3.05) is 5.43 Å². The van der Waals surface area contributed by atoms with Gasteiger partial charge in [0, 0.05) is 4.88 Å². The van der Waals surface area contributed by atoms with Crippen molar-refractivity contribution in [2.24, 2.45) is 5.84 Å². The standard InChI is InChI=1S/C8H9N3S2/c1-5-7(6-3-2-4-12-6)13-8(10-5)11-9/h2-4H,9H2,1H3,(H,10,11). The molecule has 0 radical (unpaired) electrons. The number of thiophene rings is 1. The fraction of sp³-hybridized carbons (Fsp3) is 0.125. The van der Waals surface area contributed by atoms with Crippen LogP contribution in [0.5, 0.6) is 0 Å². The van der Waals surface area contributed by atoms with Gasteiger partial charge in [-0.3, -0.25) is 5.43 Å². The first kappa shape index (κ1) is 8.68. The van der Waals surface area contributed by atoms with Gasteiger partial charge in [-0.05, 0) is 18.4 Å². The Balaban J connectivity index is 2.46. The van der Waals surface area contributed by atoms with Crippen LogP contribution in [-0.2, 0) is 0 Å². The molecule has 0 unspecified atom stereocenters. The number of nitrogens with zero attached hydrogens (tertiary/aromatic N) is 1. The second kappa shape index (κ2) is 3.45. The Hall–Kier alpha value is -0.910. The van der Waals surface area contributed by atoms with Gasteiger partial charge in [0.05, 0.1) is 10.6 Å². The highest BCUT2D eigenvalue weighted by molar-refractivity contribution is 7.23. The molecule has 5 heteroatoms. The molecular formula is C8H9N3S2. The van der Waals surface area contributed by atoms with E-state index in [1.54, 1.807) is 22.7 Å². The Morgan fingerprint density at radius 3 is 2.92 bits per heavy atom. The number of hydrogen-bond donors (Lipinski definition) is 2. The van der Waals surface area contributed by atoms with E-state index in [4.69, 9.17) is 5.84 Å². The molecule has 0 saturated heterocycles. The molecule has 0 aliphatic rings. The van der Waals surface area contributed by atoms with E-state index in [1.165, 1.54) is 9.75 Å². The summed E-state index contributed by atoms with van der Waals surface area (Å²) in [5.74, 6) is 5.29. The highest BCUT2D eigenvalue weighted by Gasteiger charge is 2.08. The lowest BCUT2D eigenvalue weighted by molar-refractivity contribution is 1.22. The van der Waals surface area contributed by atoms with Crippen LogP contribution >= 0.6 is 22.7 Å². The summed E-state index contributed by atoms with van der Waals surface area (Å²) in [6.07, 6.45) is 0. The average Bonchev–Trinajstić information content (AvgIpc) is 2.72. The number of nitrogen functional groups attached to an aromatic ring is 1. The number of aryl methyl sites for hydroxylation is 1. The summed E-state index contributed by atoms with van der Waals surface area (Å²) in [5, 5.41) is 2.82. The molecule has 0 spiro atoms. The van der Waals surface area contributed by atoms with Gasteiger partial charge in [-0.2, -0.15) is 0 Å². The van der Waals surface area contributed by atoms with E-state index in [0.717, 1.165) is 10.8 Å². The molecule has 0 fully saturated rings. The minimum Gasteiger partial charge on any atom is -0.300 e. The van der Waals surface area contributed by atoms with Crippen molar-refractivity contribution in [1.29, 1.82) is 0 Å². The molecular weight excluding hydrogens is 202 g/mol. The minimum absolute atomic E-state index is 0.765. The van der Waals surface area contributed by atoms with Crippen LogP contribution in [0, 0.1) is 6.92 Å². The number of nitrogens with one attached hydrogen (secondary N) is 1. The van der Waals surface area contributed by atoms with E-state index < -0.39 is 0 Å². The molecule has 13 heavy (non-hydrogen) atoms. The Labute approximate surface area is 84.2 Å². The highest BCUT2D eigenvalue weighted by atomic mass is 32.1. The smallest absolute Gasteiger partial charge is 0.197 e. The zero-order chi connectivity index (χ0) is 9.26. The Morgan fingerprint density at radius 1 is 1.54 bits per heavy atom. The fourth-order valence-corrected chi connectivity index (χ4v) is 2.88. The molecule has 68 valence electrons. The first-order chi connectivity index (χ1) is 6.31. The monoisotopic (exact) mass is 211 g/mol. The zero-order valence-corrected chi connectivity index (χ0v) is 8.71. The summed E-state index contributed by atoms with van der Waals surface area (Å²) in [7, 11) is 0. The second-order valence-electron chi connectivity index (χ2n) is 2.56. The zero-order valence-electron chi connectivity index (χ0n) is 7.07. The van der Waals surface area contributed by atoms with Gasteiger partial charge in [0.15, 0.2) is 5.13 Å². The quantitative estimate of drug-likeness (QED) is 0.592. The number of aromatic nitrogens is 1. The Morgan fingerprint density at radius 2 is 2.38 bits per heavy atom. The first-order valence-electron chi connectivity index (χ1n) is 3.79. The van der Waals surface area contributed by atoms with Gasteiger partial charge in [0.2, 0.25) is 0 Å². The van der Waals surface area contributed by atoms with Crippen LogP contribution in [0.2, 0.25) is 0 Å². The van der Waals surface area contributed by atoms with Gasteiger partial charge in [0.1, 0.15) is 0 Å². The summed E-state index contributed by atoms with van der Waals surface area (Å²) in [6, 6.07) is 4.13. The highest BCUT2D eigenvalue weighted by Crippen LogP contribution is 2.34. The Kier molecular flexibility index (Phi) is 2.30. The predicted octanol–water partition coefficient (Wildman–Crippen LogP) is 2.47. The van der Waals surface area contributed by atoms with Gasteiger partial charge in [-0.1, -0.05) is 17.4 Å². The number of nitrogens with two attached hydrogens (primary N) is 1. The molecule has 3 N–H and O–H groups in total. The summed E-state index contributed by atoms with van der Waals surface area (Å²) < 4.78 is 0. The molecule has 2 rings (SSSR count). The van der Waals surface area contributed by atoms with E-state index in [2.05, 4.69) is 21.9 Å². The third kappa shape index (κ3) is 1.58. The van der Waals surface area contributed by atoms with Crippen molar-refractivity contribution in [3.8, 4) is 9.75 Å². The van der Waals surface area contributed by atoms with E-state index in [-0.39, 0.29) is 0 Å². The van der Waals surface area contributed by atoms with Crippen LogP contribution in [0.15, 0.2) is 17.5 Å². The lowest BCUT2D eigenvalue weighted by Crippen LogP contribution is -2.05. The first-order valence-corrected chi connectivity index (χ1v) is 5.49.